The topological polar surface area (TPSA) is 107 Å². The molecule has 0 aliphatic carbocycles. The van der Waals surface area contributed by atoms with E-state index in [1.54, 1.807) is 18.2 Å². The highest BCUT2D eigenvalue weighted by atomic mass is 32.2. The summed E-state index contributed by atoms with van der Waals surface area (Å²) in [6, 6.07) is 6.44. The highest BCUT2D eigenvalue weighted by molar-refractivity contribution is 7.89. The molecule has 1 saturated heterocycles. The molecule has 1 heterocycles. The van der Waals surface area contributed by atoms with Gasteiger partial charge in [-0.25, -0.2) is 8.42 Å². The first-order chi connectivity index (χ1) is 10.6. The Hall–Kier alpha value is -1.49. The third-order valence-electron chi connectivity index (χ3n) is 3.35. The molecule has 0 bridgehead atoms. The van der Waals surface area contributed by atoms with E-state index in [0.717, 1.165) is 17.7 Å². The van der Waals surface area contributed by atoms with Crippen LogP contribution in [0.1, 0.15) is 6.42 Å². The van der Waals surface area contributed by atoms with Crippen LogP contribution in [-0.4, -0.2) is 59.2 Å². The highest BCUT2D eigenvalue weighted by Crippen LogP contribution is 2.29. The minimum atomic E-state index is -3.97. The van der Waals surface area contributed by atoms with Gasteiger partial charge in [0.25, 0.3) is 10.1 Å². The Kier molecular flexibility index (Phi) is 5.09. The maximum atomic E-state index is 12.7. The Morgan fingerprint density at radius 1 is 1.17 bits per heavy atom. The average Bonchev–Trinajstić information content (AvgIpc) is 2.90. The zero-order chi connectivity index (χ0) is 17.3. The normalized spacial score (nSPS) is 22.9. The third kappa shape index (κ3) is 4.08. The Morgan fingerprint density at radius 2 is 1.78 bits per heavy atom. The number of esters is 1. The molecule has 10 heteroatoms. The number of carbonyl (C=O) groups excluding carboxylic acids is 1. The van der Waals surface area contributed by atoms with Crippen molar-refractivity contribution in [2.75, 3.05) is 19.9 Å². The van der Waals surface area contributed by atoms with Crippen molar-refractivity contribution in [2.45, 2.75) is 23.5 Å². The molecule has 1 aliphatic rings. The Morgan fingerprint density at radius 3 is 2.30 bits per heavy atom. The van der Waals surface area contributed by atoms with Gasteiger partial charge in [0.2, 0.25) is 10.0 Å². The number of nitrogens with zero attached hydrogens (tertiary/aromatic N) is 1. The second-order valence-electron chi connectivity index (χ2n) is 5.08. The Bertz CT molecular complexity index is 774. The number of benzene rings is 1. The molecule has 0 spiro atoms. The molecule has 0 radical (unpaired) electrons. The standard InChI is InChI=1S/C13H17NO7S2/c1-20-13(15)12-8-10(21-22(2,16)17)9-14(12)23(18,19)11-6-4-3-5-7-11/h3-7,10,12H,8-9H2,1-2H3/t10-,12-/m0/s1. The van der Waals surface area contributed by atoms with Crippen LogP contribution < -0.4 is 0 Å². The minimum Gasteiger partial charge on any atom is -0.468 e. The van der Waals surface area contributed by atoms with Gasteiger partial charge in [0.15, 0.2) is 0 Å². The zero-order valence-electron chi connectivity index (χ0n) is 12.6. The maximum absolute atomic E-state index is 12.7. The van der Waals surface area contributed by atoms with E-state index in [2.05, 4.69) is 4.74 Å². The molecule has 0 unspecified atom stereocenters. The Balaban J connectivity index is 2.35. The van der Waals surface area contributed by atoms with Gasteiger partial charge in [0.05, 0.1) is 24.4 Å². The molecule has 2 rings (SSSR count). The average molecular weight is 363 g/mol. The van der Waals surface area contributed by atoms with E-state index in [9.17, 15) is 21.6 Å². The molecule has 1 fully saturated rings. The first kappa shape index (κ1) is 17.9. The number of carbonyl (C=O) groups is 1. The van der Waals surface area contributed by atoms with Crippen molar-refractivity contribution in [2.24, 2.45) is 0 Å². The first-order valence-electron chi connectivity index (χ1n) is 6.68. The fraction of sp³-hybridized carbons (Fsp3) is 0.462. The lowest BCUT2D eigenvalue weighted by atomic mass is 10.2. The monoisotopic (exact) mass is 363 g/mol. The van der Waals surface area contributed by atoms with Crippen LogP contribution in [0.4, 0.5) is 0 Å². The van der Waals surface area contributed by atoms with Gasteiger partial charge in [-0.05, 0) is 12.1 Å². The van der Waals surface area contributed by atoms with E-state index in [-0.39, 0.29) is 17.9 Å². The third-order valence-corrected chi connectivity index (χ3v) is 5.86. The summed E-state index contributed by atoms with van der Waals surface area (Å²) in [5.74, 6) is -0.760. The van der Waals surface area contributed by atoms with Gasteiger partial charge in [0, 0.05) is 13.0 Å². The molecular weight excluding hydrogens is 346 g/mol. The lowest BCUT2D eigenvalue weighted by Crippen LogP contribution is -2.41. The summed E-state index contributed by atoms with van der Waals surface area (Å²) in [6.45, 7) is -0.246. The van der Waals surface area contributed by atoms with Gasteiger partial charge in [0.1, 0.15) is 6.04 Å². The number of hydrogen-bond acceptors (Lipinski definition) is 7. The van der Waals surface area contributed by atoms with Crippen LogP contribution in [0.3, 0.4) is 0 Å². The van der Waals surface area contributed by atoms with Crippen molar-refractivity contribution in [3.05, 3.63) is 30.3 Å². The maximum Gasteiger partial charge on any atom is 0.324 e. The van der Waals surface area contributed by atoms with Gasteiger partial charge in [-0.1, -0.05) is 18.2 Å². The lowest BCUT2D eigenvalue weighted by molar-refractivity contribution is -0.144. The summed E-state index contributed by atoms with van der Waals surface area (Å²) < 4.78 is 58.3. The van der Waals surface area contributed by atoms with Crippen molar-refractivity contribution in [1.29, 1.82) is 0 Å². The van der Waals surface area contributed by atoms with E-state index in [0.29, 0.717) is 0 Å². The van der Waals surface area contributed by atoms with Crippen LogP contribution in [0.2, 0.25) is 0 Å². The number of rotatable bonds is 5. The second-order valence-corrected chi connectivity index (χ2v) is 8.58. The Labute approximate surface area is 135 Å². The molecule has 0 saturated carbocycles. The van der Waals surface area contributed by atoms with Crippen LogP contribution in [0, 0.1) is 0 Å². The summed E-state index contributed by atoms with van der Waals surface area (Å²) >= 11 is 0. The van der Waals surface area contributed by atoms with E-state index in [1.165, 1.54) is 12.1 Å². The van der Waals surface area contributed by atoms with Crippen LogP contribution in [-0.2, 0) is 33.9 Å². The van der Waals surface area contributed by atoms with Crippen LogP contribution in [0.15, 0.2) is 35.2 Å². The second kappa shape index (κ2) is 6.56. The summed E-state index contributed by atoms with van der Waals surface area (Å²) in [5.41, 5.74) is 0. The van der Waals surface area contributed by atoms with Crippen molar-refractivity contribution < 1.29 is 30.6 Å². The summed E-state index contributed by atoms with van der Waals surface area (Å²) in [7, 11) is -6.61. The largest absolute Gasteiger partial charge is 0.468 e. The van der Waals surface area contributed by atoms with Crippen molar-refractivity contribution >= 4 is 26.1 Å². The molecule has 128 valence electrons. The molecule has 8 nitrogen and oxygen atoms in total. The molecular formula is C13H17NO7S2. The fourth-order valence-corrected chi connectivity index (χ4v) is 4.70. The number of hydrogen-bond donors (Lipinski definition) is 0. The van der Waals surface area contributed by atoms with Gasteiger partial charge in [-0.15, -0.1) is 0 Å². The summed E-state index contributed by atoms with van der Waals surface area (Å²) in [6.07, 6.45) is -0.159. The smallest absolute Gasteiger partial charge is 0.324 e. The van der Waals surface area contributed by atoms with Crippen LogP contribution in [0.5, 0.6) is 0 Å². The van der Waals surface area contributed by atoms with Crippen molar-refractivity contribution in [3.63, 3.8) is 0 Å². The van der Waals surface area contributed by atoms with E-state index in [4.69, 9.17) is 4.18 Å². The fourth-order valence-electron chi connectivity index (χ4n) is 2.43. The van der Waals surface area contributed by atoms with E-state index in [1.807, 2.05) is 0 Å². The van der Waals surface area contributed by atoms with E-state index >= 15 is 0 Å². The van der Waals surface area contributed by atoms with Crippen LogP contribution in [0.25, 0.3) is 0 Å². The molecule has 1 aromatic rings. The van der Waals surface area contributed by atoms with Gasteiger partial charge in [-0.3, -0.25) is 8.98 Å². The molecule has 1 aliphatic heterocycles. The summed E-state index contributed by atoms with van der Waals surface area (Å²) in [5, 5.41) is 0. The number of methoxy groups -OCH3 is 1. The first-order valence-corrected chi connectivity index (χ1v) is 9.94. The quantitative estimate of drug-likeness (QED) is 0.534. The minimum absolute atomic E-state index is 0.00825. The van der Waals surface area contributed by atoms with Crippen molar-refractivity contribution in [3.8, 4) is 0 Å². The van der Waals surface area contributed by atoms with Gasteiger partial charge >= 0.3 is 5.97 Å². The molecule has 0 N–H and O–H groups in total. The SMILES string of the molecule is COC(=O)[C@@H]1C[C@H](OS(C)(=O)=O)CN1S(=O)(=O)c1ccccc1. The molecule has 2 atom stereocenters. The molecule has 0 amide bonds. The number of sulfonamides is 1. The van der Waals surface area contributed by atoms with E-state index < -0.39 is 38.3 Å². The molecule has 0 aromatic heterocycles. The lowest BCUT2D eigenvalue weighted by Gasteiger charge is -2.21. The van der Waals surface area contributed by atoms with Gasteiger partial charge < -0.3 is 4.74 Å². The summed E-state index contributed by atoms with van der Waals surface area (Å²) in [4.78, 5) is 11.9. The predicted molar refractivity (Wildman–Crippen MR) is 80.5 cm³/mol. The predicted octanol–water partition coefficient (Wildman–Crippen LogP) is -0.0326. The van der Waals surface area contributed by atoms with Gasteiger partial charge in [-0.2, -0.15) is 12.7 Å². The van der Waals surface area contributed by atoms with Crippen molar-refractivity contribution in [1.82, 2.24) is 4.31 Å². The molecule has 1 aromatic carbocycles. The zero-order valence-corrected chi connectivity index (χ0v) is 14.2. The van der Waals surface area contributed by atoms with Crippen LogP contribution >= 0.6 is 0 Å². The molecule has 23 heavy (non-hydrogen) atoms. The highest BCUT2D eigenvalue weighted by Gasteiger charge is 2.46. The number of ether oxygens (including phenoxy) is 1.